The molecule has 0 aliphatic heterocycles. The summed E-state index contributed by atoms with van der Waals surface area (Å²) in [5, 5.41) is 11.0. The number of nitrogens with one attached hydrogen (secondary N) is 1. The van der Waals surface area contributed by atoms with Gasteiger partial charge in [0.05, 0.1) is 6.54 Å². The van der Waals surface area contributed by atoms with Crippen molar-refractivity contribution in [2.75, 3.05) is 13.1 Å². The molecule has 3 heteroatoms. The minimum Gasteiger partial charge on any atom is -0.480 e. The SMILES string of the molecule is C=C/C=C(\C=C)CNCC(=O)O.CC. The van der Waals surface area contributed by atoms with Gasteiger partial charge in [0.2, 0.25) is 0 Å². The lowest BCUT2D eigenvalue weighted by Crippen LogP contribution is -2.24. The number of rotatable bonds is 6. The first kappa shape index (κ1) is 15.1. The molecule has 0 rings (SSSR count). The predicted octanol–water partition coefficient (Wildman–Crippen LogP) is 1.99. The molecule has 0 atom stereocenters. The number of allylic oxidation sites excluding steroid dienone is 2. The summed E-state index contributed by atoms with van der Waals surface area (Å²) in [5.74, 6) is -0.864. The van der Waals surface area contributed by atoms with Gasteiger partial charge in [-0.05, 0) is 5.57 Å². The van der Waals surface area contributed by atoms with Gasteiger partial charge in [0.25, 0.3) is 0 Å². The van der Waals surface area contributed by atoms with E-state index in [1.54, 1.807) is 18.2 Å². The van der Waals surface area contributed by atoms with Gasteiger partial charge >= 0.3 is 5.97 Å². The molecule has 0 amide bonds. The van der Waals surface area contributed by atoms with Gasteiger partial charge < -0.3 is 10.4 Å². The van der Waals surface area contributed by atoms with E-state index in [0.29, 0.717) is 6.54 Å². The van der Waals surface area contributed by atoms with E-state index < -0.39 is 5.97 Å². The largest absolute Gasteiger partial charge is 0.480 e. The summed E-state index contributed by atoms with van der Waals surface area (Å²) in [4.78, 5) is 10.1. The smallest absolute Gasteiger partial charge is 0.317 e. The van der Waals surface area contributed by atoms with Crippen LogP contribution >= 0.6 is 0 Å². The molecule has 0 aliphatic carbocycles. The molecule has 0 aromatic rings. The number of carboxylic acid groups (broad SMARTS) is 1. The highest BCUT2D eigenvalue weighted by Gasteiger charge is 1.95. The summed E-state index contributed by atoms with van der Waals surface area (Å²) in [6, 6.07) is 0. The Hall–Kier alpha value is -1.35. The Morgan fingerprint density at radius 2 is 1.93 bits per heavy atom. The van der Waals surface area contributed by atoms with E-state index in [2.05, 4.69) is 18.5 Å². The van der Waals surface area contributed by atoms with Crippen LogP contribution in [0.5, 0.6) is 0 Å². The Bertz CT molecular complexity index is 207. The molecular formula is C11H19NO2. The van der Waals surface area contributed by atoms with Gasteiger partial charge in [0, 0.05) is 6.54 Å². The summed E-state index contributed by atoms with van der Waals surface area (Å²) in [6.07, 6.45) is 5.08. The zero-order chi connectivity index (χ0) is 11.4. The first-order valence-electron chi connectivity index (χ1n) is 4.57. The molecule has 80 valence electrons. The third-order valence-electron chi connectivity index (χ3n) is 1.20. The molecule has 0 fully saturated rings. The average Bonchev–Trinajstić information content (AvgIpc) is 2.19. The second-order valence-corrected chi connectivity index (χ2v) is 2.18. The van der Waals surface area contributed by atoms with Gasteiger partial charge in [0.1, 0.15) is 0 Å². The van der Waals surface area contributed by atoms with Gasteiger partial charge in [0.15, 0.2) is 0 Å². The summed E-state index contributed by atoms with van der Waals surface area (Å²) in [7, 11) is 0. The highest BCUT2D eigenvalue weighted by molar-refractivity contribution is 5.69. The lowest BCUT2D eigenvalue weighted by atomic mass is 10.2. The summed E-state index contributed by atoms with van der Waals surface area (Å²) in [6.45, 7) is 11.6. The van der Waals surface area contributed by atoms with Crippen molar-refractivity contribution in [3.8, 4) is 0 Å². The number of hydrogen-bond acceptors (Lipinski definition) is 2. The molecule has 0 spiro atoms. The van der Waals surface area contributed by atoms with Crippen molar-refractivity contribution in [3.05, 3.63) is 37.0 Å². The number of carbonyl (C=O) groups is 1. The zero-order valence-corrected chi connectivity index (χ0v) is 8.92. The Balaban J connectivity index is 0. The molecule has 0 aliphatic rings. The van der Waals surface area contributed by atoms with Gasteiger partial charge in [-0.1, -0.05) is 45.2 Å². The number of aliphatic carboxylic acids is 1. The van der Waals surface area contributed by atoms with Crippen molar-refractivity contribution in [3.63, 3.8) is 0 Å². The zero-order valence-electron chi connectivity index (χ0n) is 8.92. The minimum absolute atomic E-state index is 0.0394. The highest BCUT2D eigenvalue weighted by atomic mass is 16.4. The number of carboxylic acids is 1. The van der Waals surface area contributed by atoms with E-state index in [-0.39, 0.29) is 6.54 Å². The minimum atomic E-state index is -0.864. The standard InChI is InChI=1S/C9H13NO2.C2H6/c1-3-5-8(4-2)6-10-7-9(11)12;1-2/h3-5,10H,1-2,6-7H2,(H,11,12);1-2H3/b8-5+;. The second kappa shape index (κ2) is 11.6. The lowest BCUT2D eigenvalue weighted by Gasteiger charge is -2.00. The normalized spacial score (nSPS) is 9.71. The quantitative estimate of drug-likeness (QED) is 0.640. The number of hydrogen-bond donors (Lipinski definition) is 2. The molecular weight excluding hydrogens is 178 g/mol. The molecule has 0 saturated heterocycles. The van der Waals surface area contributed by atoms with Crippen LogP contribution in [0.2, 0.25) is 0 Å². The van der Waals surface area contributed by atoms with Gasteiger partial charge in [-0.3, -0.25) is 4.79 Å². The van der Waals surface area contributed by atoms with Gasteiger partial charge in [-0.25, -0.2) is 0 Å². The molecule has 0 unspecified atom stereocenters. The van der Waals surface area contributed by atoms with Crippen LogP contribution in [-0.4, -0.2) is 24.2 Å². The van der Waals surface area contributed by atoms with Crippen LogP contribution in [0.4, 0.5) is 0 Å². The fourth-order valence-corrected chi connectivity index (χ4v) is 0.664. The van der Waals surface area contributed by atoms with Crippen LogP contribution in [0.1, 0.15) is 13.8 Å². The molecule has 0 bridgehead atoms. The Morgan fingerprint density at radius 3 is 2.29 bits per heavy atom. The summed E-state index contributed by atoms with van der Waals surface area (Å²) >= 11 is 0. The molecule has 0 heterocycles. The third kappa shape index (κ3) is 10.7. The summed E-state index contributed by atoms with van der Waals surface area (Å²) < 4.78 is 0. The van der Waals surface area contributed by atoms with E-state index >= 15 is 0 Å². The Kier molecular flexibility index (Phi) is 12.6. The van der Waals surface area contributed by atoms with Crippen molar-refractivity contribution in [1.29, 1.82) is 0 Å². The van der Waals surface area contributed by atoms with Crippen molar-refractivity contribution in [2.45, 2.75) is 13.8 Å². The van der Waals surface area contributed by atoms with Crippen LogP contribution in [0.25, 0.3) is 0 Å². The second-order valence-electron chi connectivity index (χ2n) is 2.18. The van der Waals surface area contributed by atoms with Gasteiger partial charge in [-0.2, -0.15) is 0 Å². The molecule has 0 aromatic heterocycles. The third-order valence-corrected chi connectivity index (χ3v) is 1.20. The highest BCUT2D eigenvalue weighted by Crippen LogP contribution is 1.92. The van der Waals surface area contributed by atoms with Crippen molar-refractivity contribution in [1.82, 2.24) is 5.32 Å². The lowest BCUT2D eigenvalue weighted by molar-refractivity contribution is -0.135. The van der Waals surface area contributed by atoms with Crippen LogP contribution in [0.15, 0.2) is 37.0 Å². The molecule has 14 heavy (non-hydrogen) atoms. The maximum absolute atomic E-state index is 10.1. The predicted molar refractivity (Wildman–Crippen MR) is 60.3 cm³/mol. The van der Waals surface area contributed by atoms with Crippen LogP contribution in [-0.2, 0) is 4.79 Å². The van der Waals surface area contributed by atoms with Gasteiger partial charge in [-0.15, -0.1) is 0 Å². The van der Waals surface area contributed by atoms with Crippen LogP contribution in [0, 0.1) is 0 Å². The van der Waals surface area contributed by atoms with Crippen molar-refractivity contribution >= 4 is 5.97 Å². The van der Waals surface area contributed by atoms with E-state index in [1.165, 1.54) is 0 Å². The van der Waals surface area contributed by atoms with E-state index in [1.807, 2.05) is 13.8 Å². The fraction of sp³-hybridized carbons (Fsp3) is 0.364. The molecule has 0 radical (unpaired) electrons. The molecule has 0 aromatic carbocycles. The molecule has 0 saturated carbocycles. The molecule has 3 nitrogen and oxygen atoms in total. The Morgan fingerprint density at radius 1 is 1.36 bits per heavy atom. The van der Waals surface area contributed by atoms with Crippen LogP contribution in [0.3, 0.4) is 0 Å². The monoisotopic (exact) mass is 197 g/mol. The van der Waals surface area contributed by atoms with E-state index in [4.69, 9.17) is 5.11 Å². The van der Waals surface area contributed by atoms with Crippen LogP contribution < -0.4 is 5.32 Å². The van der Waals surface area contributed by atoms with E-state index in [0.717, 1.165) is 5.57 Å². The first-order chi connectivity index (χ1) is 6.70. The maximum Gasteiger partial charge on any atom is 0.317 e. The van der Waals surface area contributed by atoms with Crippen molar-refractivity contribution in [2.24, 2.45) is 0 Å². The maximum atomic E-state index is 10.1. The fourth-order valence-electron chi connectivity index (χ4n) is 0.664. The Labute approximate surface area is 85.8 Å². The average molecular weight is 197 g/mol. The first-order valence-corrected chi connectivity index (χ1v) is 4.57. The molecule has 2 N–H and O–H groups in total. The van der Waals surface area contributed by atoms with E-state index in [9.17, 15) is 4.79 Å². The summed E-state index contributed by atoms with van der Waals surface area (Å²) in [5.41, 5.74) is 0.922. The van der Waals surface area contributed by atoms with Crippen molar-refractivity contribution < 1.29 is 9.90 Å². The topological polar surface area (TPSA) is 49.3 Å².